The standard InChI is InChI=1S/C11H24OSi/c1-6-7-8-9-10-11(2,3)13(4,5)12/h7-8,12H,6,9-10H2,1-5H3/b8-7-. The van der Waals surface area contributed by atoms with Crippen molar-refractivity contribution in [3.63, 3.8) is 0 Å². The summed E-state index contributed by atoms with van der Waals surface area (Å²) in [5.41, 5.74) is 0. The first-order valence-electron chi connectivity index (χ1n) is 5.18. The summed E-state index contributed by atoms with van der Waals surface area (Å²) in [6.45, 7) is 10.6. The second-order valence-electron chi connectivity index (χ2n) is 4.86. The highest BCUT2D eigenvalue weighted by Gasteiger charge is 2.36. The van der Waals surface area contributed by atoms with Gasteiger partial charge in [-0.25, -0.2) is 0 Å². The van der Waals surface area contributed by atoms with E-state index in [1.807, 2.05) is 13.1 Å². The fraction of sp³-hybridized carbons (Fsp3) is 0.818. The third kappa shape index (κ3) is 4.63. The fourth-order valence-electron chi connectivity index (χ4n) is 1.03. The number of rotatable bonds is 5. The van der Waals surface area contributed by atoms with Gasteiger partial charge in [-0.05, 0) is 37.4 Å². The molecule has 78 valence electrons. The van der Waals surface area contributed by atoms with E-state index < -0.39 is 8.32 Å². The molecular formula is C11H24OSi. The summed E-state index contributed by atoms with van der Waals surface area (Å²) in [4.78, 5) is 10.0. The van der Waals surface area contributed by atoms with Crippen LogP contribution in [0, 0.1) is 0 Å². The van der Waals surface area contributed by atoms with Crippen LogP contribution in [0.1, 0.15) is 40.0 Å². The Hall–Kier alpha value is -0.0831. The maximum absolute atomic E-state index is 10.0. The molecule has 0 amide bonds. The van der Waals surface area contributed by atoms with Gasteiger partial charge in [-0.15, -0.1) is 0 Å². The van der Waals surface area contributed by atoms with E-state index in [9.17, 15) is 4.80 Å². The first-order valence-corrected chi connectivity index (χ1v) is 8.13. The van der Waals surface area contributed by atoms with E-state index in [4.69, 9.17) is 0 Å². The first kappa shape index (κ1) is 12.9. The van der Waals surface area contributed by atoms with Crippen molar-refractivity contribution in [1.29, 1.82) is 0 Å². The van der Waals surface area contributed by atoms with Crippen molar-refractivity contribution in [3.8, 4) is 0 Å². The van der Waals surface area contributed by atoms with Gasteiger partial charge in [0.15, 0.2) is 8.32 Å². The quantitative estimate of drug-likeness (QED) is 0.530. The topological polar surface area (TPSA) is 20.2 Å². The SMILES string of the molecule is CC/C=C\CCC(C)(C)[Si](C)(C)O. The van der Waals surface area contributed by atoms with Crippen molar-refractivity contribution in [2.45, 2.75) is 58.2 Å². The first-order chi connectivity index (χ1) is 5.81. The van der Waals surface area contributed by atoms with E-state index >= 15 is 0 Å². The van der Waals surface area contributed by atoms with Crippen molar-refractivity contribution in [2.75, 3.05) is 0 Å². The van der Waals surface area contributed by atoms with Crippen LogP contribution in [0.4, 0.5) is 0 Å². The Morgan fingerprint density at radius 3 is 2.15 bits per heavy atom. The Morgan fingerprint density at radius 2 is 1.77 bits per heavy atom. The van der Waals surface area contributed by atoms with Gasteiger partial charge in [-0.3, -0.25) is 0 Å². The molecule has 0 fully saturated rings. The molecule has 0 aromatic heterocycles. The van der Waals surface area contributed by atoms with Gasteiger partial charge >= 0.3 is 0 Å². The highest BCUT2D eigenvalue weighted by atomic mass is 28.4. The van der Waals surface area contributed by atoms with E-state index in [1.165, 1.54) is 0 Å². The molecule has 0 aliphatic carbocycles. The van der Waals surface area contributed by atoms with E-state index in [1.54, 1.807) is 0 Å². The van der Waals surface area contributed by atoms with Gasteiger partial charge in [-0.1, -0.05) is 32.9 Å². The predicted molar refractivity (Wildman–Crippen MR) is 62.4 cm³/mol. The lowest BCUT2D eigenvalue weighted by Crippen LogP contribution is -2.38. The van der Waals surface area contributed by atoms with Crippen molar-refractivity contribution >= 4 is 8.32 Å². The van der Waals surface area contributed by atoms with Gasteiger partial charge in [0.1, 0.15) is 0 Å². The number of hydrogen-bond donors (Lipinski definition) is 1. The van der Waals surface area contributed by atoms with Crippen molar-refractivity contribution in [1.82, 2.24) is 0 Å². The number of allylic oxidation sites excluding steroid dienone is 2. The van der Waals surface area contributed by atoms with Crippen LogP contribution in [-0.2, 0) is 0 Å². The molecule has 0 heterocycles. The maximum atomic E-state index is 10.0. The zero-order valence-electron chi connectivity index (χ0n) is 9.72. The average molecular weight is 200 g/mol. The molecule has 0 rings (SSSR count). The molecule has 0 saturated carbocycles. The molecule has 0 aromatic carbocycles. The molecule has 0 radical (unpaired) electrons. The molecule has 0 aliphatic heterocycles. The molecule has 0 spiro atoms. The van der Waals surface area contributed by atoms with Crippen LogP contribution in [-0.4, -0.2) is 13.1 Å². The lowest BCUT2D eigenvalue weighted by Gasteiger charge is -2.34. The van der Waals surface area contributed by atoms with Gasteiger partial charge in [0.05, 0.1) is 0 Å². The van der Waals surface area contributed by atoms with Crippen LogP contribution < -0.4 is 0 Å². The Balaban J connectivity index is 3.97. The minimum atomic E-state index is -1.98. The van der Waals surface area contributed by atoms with Gasteiger partial charge in [0.25, 0.3) is 0 Å². The summed E-state index contributed by atoms with van der Waals surface area (Å²) in [7, 11) is -1.98. The minimum Gasteiger partial charge on any atom is -0.432 e. The van der Waals surface area contributed by atoms with E-state index in [0.29, 0.717) is 0 Å². The van der Waals surface area contributed by atoms with E-state index in [-0.39, 0.29) is 5.04 Å². The number of hydrogen-bond acceptors (Lipinski definition) is 1. The highest BCUT2D eigenvalue weighted by molar-refractivity contribution is 6.72. The van der Waals surface area contributed by atoms with Gasteiger partial charge in [-0.2, -0.15) is 0 Å². The predicted octanol–water partition coefficient (Wildman–Crippen LogP) is 3.71. The lowest BCUT2D eigenvalue weighted by molar-refractivity contribution is 0.453. The molecule has 0 saturated heterocycles. The van der Waals surface area contributed by atoms with Crippen LogP contribution in [0.15, 0.2) is 12.2 Å². The van der Waals surface area contributed by atoms with Crippen LogP contribution in [0.2, 0.25) is 18.1 Å². The molecule has 2 heteroatoms. The van der Waals surface area contributed by atoms with Gasteiger partial charge < -0.3 is 4.80 Å². The average Bonchev–Trinajstić information content (AvgIpc) is 1.96. The van der Waals surface area contributed by atoms with E-state index in [2.05, 4.69) is 32.9 Å². The molecule has 13 heavy (non-hydrogen) atoms. The van der Waals surface area contributed by atoms with Crippen molar-refractivity contribution < 1.29 is 4.80 Å². The smallest absolute Gasteiger partial charge is 0.188 e. The van der Waals surface area contributed by atoms with Crippen molar-refractivity contribution in [2.24, 2.45) is 0 Å². The summed E-state index contributed by atoms with van der Waals surface area (Å²) >= 11 is 0. The van der Waals surface area contributed by atoms with Crippen LogP contribution in [0.3, 0.4) is 0 Å². The summed E-state index contributed by atoms with van der Waals surface area (Å²) in [5, 5.41) is 0.130. The van der Waals surface area contributed by atoms with Crippen LogP contribution >= 0.6 is 0 Å². The molecule has 0 aromatic rings. The van der Waals surface area contributed by atoms with E-state index in [0.717, 1.165) is 19.3 Å². The third-order valence-corrected chi connectivity index (χ3v) is 6.56. The third-order valence-electron chi connectivity index (χ3n) is 2.99. The second-order valence-corrected chi connectivity index (χ2v) is 9.33. The Bertz CT molecular complexity index is 165. The normalized spacial score (nSPS) is 14.0. The molecule has 0 bridgehead atoms. The lowest BCUT2D eigenvalue weighted by atomic mass is 10.1. The molecule has 0 aliphatic rings. The molecule has 1 nitrogen and oxygen atoms in total. The minimum absolute atomic E-state index is 0.130. The van der Waals surface area contributed by atoms with Gasteiger partial charge in [0.2, 0.25) is 0 Å². The highest BCUT2D eigenvalue weighted by Crippen LogP contribution is 2.39. The summed E-state index contributed by atoms with van der Waals surface area (Å²) < 4.78 is 0. The Labute approximate surface area is 84.0 Å². The summed E-state index contributed by atoms with van der Waals surface area (Å²) in [6.07, 6.45) is 7.72. The largest absolute Gasteiger partial charge is 0.432 e. The monoisotopic (exact) mass is 200 g/mol. The molecule has 1 N–H and O–H groups in total. The van der Waals surface area contributed by atoms with Gasteiger partial charge in [0, 0.05) is 0 Å². The molecule has 0 atom stereocenters. The van der Waals surface area contributed by atoms with Crippen LogP contribution in [0.25, 0.3) is 0 Å². The zero-order chi connectivity index (χ0) is 10.5. The summed E-state index contributed by atoms with van der Waals surface area (Å²) in [6, 6.07) is 0. The maximum Gasteiger partial charge on any atom is 0.188 e. The summed E-state index contributed by atoms with van der Waals surface area (Å²) in [5.74, 6) is 0. The Morgan fingerprint density at radius 1 is 1.23 bits per heavy atom. The zero-order valence-corrected chi connectivity index (χ0v) is 10.7. The molecule has 0 unspecified atom stereocenters. The molecular weight excluding hydrogens is 176 g/mol. The fourth-order valence-corrected chi connectivity index (χ4v) is 1.79. The van der Waals surface area contributed by atoms with Crippen LogP contribution in [0.5, 0.6) is 0 Å². The van der Waals surface area contributed by atoms with Crippen molar-refractivity contribution in [3.05, 3.63) is 12.2 Å². The second kappa shape index (κ2) is 4.96. The Kier molecular flexibility index (Phi) is 4.93.